The van der Waals surface area contributed by atoms with E-state index in [-0.39, 0.29) is 13.2 Å². The molecule has 0 atom stereocenters. The molecule has 6 heteroatoms. The quantitative estimate of drug-likeness (QED) is 0.558. The van der Waals surface area contributed by atoms with Crippen molar-refractivity contribution in [3.8, 4) is 5.75 Å². The first-order chi connectivity index (χ1) is 10.1. The number of carbonyl (C=O) groups is 1. The van der Waals surface area contributed by atoms with E-state index in [1.54, 1.807) is 0 Å². The largest absolute Gasteiger partial charge is 0.494 e. The van der Waals surface area contributed by atoms with Crippen LogP contribution in [-0.2, 0) is 11.3 Å². The van der Waals surface area contributed by atoms with Crippen molar-refractivity contribution in [2.45, 2.75) is 31.1 Å². The highest BCUT2D eigenvalue weighted by atomic mass is 35.5. The van der Waals surface area contributed by atoms with Crippen LogP contribution >= 0.6 is 23.2 Å². The minimum atomic E-state index is -1.12. The number of nitrogens with zero attached hydrogens (tertiary/aromatic N) is 1. The summed E-state index contributed by atoms with van der Waals surface area (Å²) in [5.74, 6) is 0.399. The molecule has 1 aromatic rings. The van der Waals surface area contributed by atoms with Gasteiger partial charge in [-0.15, -0.1) is 0 Å². The number of carbonyl (C=O) groups excluding carboxylic acids is 1. The van der Waals surface area contributed by atoms with Crippen LogP contribution in [0.3, 0.4) is 0 Å². The molecular formula is C15H21Cl2NO3. The van der Waals surface area contributed by atoms with Gasteiger partial charge in [-0.2, -0.15) is 0 Å². The van der Waals surface area contributed by atoms with Gasteiger partial charge >= 0.3 is 0 Å². The molecule has 118 valence electrons. The number of benzene rings is 1. The molecule has 0 bridgehead atoms. The summed E-state index contributed by atoms with van der Waals surface area (Å²) in [6, 6.07) is 7.50. The molecule has 1 aromatic carbocycles. The Hall–Kier alpha value is -0.970. The number of aliphatic hydroxyl groups excluding tert-OH is 1. The lowest BCUT2D eigenvalue weighted by Gasteiger charge is -2.22. The zero-order valence-electron chi connectivity index (χ0n) is 12.1. The van der Waals surface area contributed by atoms with Gasteiger partial charge in [0.05, 0.1) is 13.2 Å². The molecule has 0 spiro atoms. The van der Waals surface area contributed by atoms with Crippen LogP contribution in [0.15, 0.2) is 24.3 Å². The normalized spacial score (nSPS) is 10.7. The van der Waals surface area contributed by atoms with Crippen LogP contribution in [0.2, 0.25) is 0 Å². The number of ether oxygens (including phenoxy) is 1. The van der Waals surface area contributed by atoms with Gasteiger partial charge in [0.25, 0.3) is 5.91 Å². The minimum absolute atomic E-state index is 0.134. The predicted molar refractivity (Wildman–Crippen MR) is 84.8 cm³/mol. The van der Waals surface area contributed by atoms with Gasteiger partial charge in [-0.05, 0) is 24.1 Å². The molecule has 0 aliphatic rings. The summed E-state index contributed by atoms with van der Waals surface area (Å²) >= 11 is 11.2. The summed E-state index contributed by atoms with van der Waals surface area (Å²) in [5, 5.41) is 9.01. The molecule has 0 heterocycles. The third-order valence-electron chi connectivity index (χ3n) is 2.93. The Bertz CT molecular complexity index is 423. The van der Waals surface area contributed by atoms with E-state index in [1.165, 1.54) is 4.90 Å². The third-order valence-corrected chi connectivity index (χ3v) is 3.31. The van der Waals surface area contributed by atoms with Crippen molar-refractivity contribution in [1.29, 1.82) is 0 Å². The van der Waals surface area contributed by atoms with Crippen LogP contribution < -0.4 is 4.74 Å². The molecule has 1 rings (SSSR count). The highest BCUT2D eigenvalue weighted by molar-refractivity contribution is 6.53. The number of halogens is 2. The SMILES string of the molecule is CCCCOc1ccc(CN(CCO)C(=O)C(Cl)Cl)cc1. The monoisotopic (exact) mass is 333 g/mol. The number of hydrogen-bond acceptors (Lipinski definition) is 3. The van der Waals surface area contributed by atoms with Crippen LogP contribution in [0, 0.1) is 0 Å². The van der Waals surface area contributed by atoms with E-state index in [1.807, 2.05) is 24.3 Å². The molecule has 0 radical (unpaired) electrons. The van der Waals surface area contributed by atoms with Gasteiger partial charge in [0.1, 0.15) is 5.75 Å². The van der Waals surface area contributed by atoms with Gasteiger partial charge in [-0.3, -0.25) is 4.79 Å². The first kappa shape index (κ1) is 18.1. The summed E-state index contributed by atoms with van der Waals surface area (Å²) in [5.41, 5.74) is 0.925. The Labute approximate surface area is 135 Å². The van der Waals surface area contributed by atoms with Crippen molar-refractivity contribution in [3.05, 3.63) is 29.8 Å². The van der Waals surface area contributed by atoms with E-state index >= 15 is 0 Å². The molecule has 0 saturated carbocycles. The fourth-order valence-corrected chi connectivity index (χ4v) is 2.05. The molecule has 0 unspecified atom stereocenters. The first-order valence-corrected chi connectivity index (χ1v) is 7.85. The third kappa shape index (κ3) is 6.55. The van der Waals surface area contributed by atoms with E-state index < -0.39 is 10.7 Å². The van der Waals surface area contributed by atoms with Crippen molar-refractivity contribution in [2.75, 3.05) is 19.8 Å². The van der Waals surface area contributed by atoms with Gasteiger partial charge < -0.3 is 14.7 Å². The van der Waals surface area contributed by atoms with Crippen LogP contribution in [0.25, 0.3) is 0 Å². The average molecular weight is 334 g/mol. The zero-order valence-corrected chi connectivity index (χ0v) is 13.6. The zero-order chi connectivity index (χ0) is 15.7. The van der Waals surface area contributed by atoms with Crippen molar-refractivity contribution >= 4 is 29.1 Å². The van der Waals surface area contributed by atoms with Crippen LogP contribution in [-0.4, -0.2) is 40.5 Å². The Morgan fingerprint density at radius 2 is 2.00 bits per heavy atom. The van der Waals surface area contributed by atoms with Gasteiger partial charge in [0.2, 0.25) is 0 Å². The molecule has 0 aliphatic heterocycles. The molecule has 0 aromatic heterocycles. The second-order valence-corrected chi connectivity index (χ2v) is 5.73. The minimum Gasteiger partial charge on any atom is -0.494 e. The molecule has 4 nitrogen and oxygen atoms in total. The van der Waals surface area contributed by atoms with Crippen LogP contribution in [0.4, 0.5) is 0 Å². The van der Waals surface area contributed by atoms with Crippen LogP contribution in [0.5, 0.6) is 5.75 Å². The van der Waals surface area contributed by atoms with E-state index in [0.29, 0.717) is 13.2 Å². The summed E-state index contributed by atoms with van der Waals surface area (Å²) in [6.45, 7) is 3.23. The summed E-state index contributed by atoms with van der Waals surface area (Å²) < 4.78 is 5.58. The number of alkyl halides is 2. The molecule has 1 N–H and O–H groups in total. The van der Waals surface area contributed by atoms with Crippen molar-refractivity contribution in [1.82, 2.24) is 4.90 Å². The maximum Gasteiger partial charge on any atom is 0.256 e. The molecular weight excluding hydrogens is 313 g/mol. The highest BCUT2D eigenvalue weighted by Crippen LogP contribution is 2.16. The Balaban J connectivity index is 2.61. The lowest BCUT2D eigenvalue weighted by atomic mass is 10.2. The number of hydrogen-bond donors (Lipinski definition) is 1. The number of rotatable bonds is 9. The standard InChI is InChI=1S/C15H21Cl2NO3/c1-2-3-10-21-13-6-4-12(5-7-13)11-18(8-9-19)15(20)14(16)17/h4-7,14,19H,2-3,8-11H2,1H3. The summed E-state index contributed by atoms with van der Waals surface area (Å²) in [7, 11) is 0. The fourth-order valence-electron chi connectivity index (χ4n) is 1.77. The molecule has 21 heavy (non-hydrogen) atoms. The first-order valence-electron chi connectivity index (χ1n) is 6.98. The maximum absolute atomic E-state index is 11.8. The molecule has 0 fully saturated rings. The van der Waals surface area contributed by atoms with Crippen molar-refractivity contribution in [2.24, 2.45) is 0 Å². The molecule has 1 amide bonds. The number of unbranched alkanes of at least 4 members (excludes halogenated alkanes) is 1. The second-order valence-electron chi connectivity index (χ2n) is 4.63. The van der Waals surface area contributed by atoms with Crippen molar-refractivity contribution < 1.29 is 14.6 Å². The van der Waals surface area contributed by atoms with E-state index in [4.69, 9.17) is 33.0 Å². The van der Waals surface area contributed by atoms with E-state index in [9.17, 15) is 4.79 Å². The van der Waals surface area contributed by atoms with Crippen molar-refractivity contribution in [3.63, 3.8) is 0 Å². The van der Waals surface area contributed by atoms with E-state index in [2.05, 4.69) is 6.92 Å². The lowest BCUT2D eigenvalue weighted by molar-refractivity contribution is -0.130. The van der Waals surface area contributed by atoms with Gasteiger partial charge in [0, 0.05) is 13.1 Å². The van der Waals surface area contributed by atoms with Gasteiger partial charge in [0.15, 0.2) is 4.84 Å². The number of amides is 1. The van der Waals surface area contributed by atoms with E-state index in [0.717, 1.165) is 24.2 Å². The Morgan fingerprint density at radius 1 is 1.33 bits per heavy atom. The topological polar surface area (TPSA) is 49.8 Å². The lowest BCUT2D eigenvalue weighted by Crippen LogP contribution is -2.36. The summed E-state index contributed by atoms with van der Waals surface area (Å²) in [6.07, 6.45) is 2.11. The summed E-state index contributed by atoms with van der Waals surface area (Å²) in [4.78, 5) is 12.1. The molecule has 0 aliphatic carbocycles. The Kier molecular flexibility index (Phi) is 8.50. The van der Waals surface area contributed by atoms with Gasteiger partial charge in [-0.1, -0.05) is 48.7 Å². The second kappa shape index (κ2) is 9.87. The smallest absolute Gasteiger partial charge is 0.256 e. The average Bonchev–Trinajstić information content (AvgIpc) is 2.48. The fraction of sp³-hybridized carbons (Fsp3) is 0.533. The Morgan fingerprint density at radius 3 is 2.52 bits per heavy atom. The predicted octanol–water partition coefficient (Wildman–Crippen LogP) is 2.99. The van der Waals surface area contributed by atoms with Gasteiger partial charge in [-0.25, -0.2) is 0 Å². The molecule has 0 saturated heterocycles. The number of aliphatic hydroxyl groups is 1. The van der Waals surface area contributed by atoms with Crippen LogP contribution in [0.1, 0.15) is 25.3 Å². The highest BCUT2D eigenvalue weighted by Gasteiger charge is 2.19. The maximum atomic E-state index is 11.8.